The summed E-state index contributed by atoms with van der Waals surface area (Å²) < 4.78 is 26.9. The number of carbonyl (C=O) groups is 2. The number of aliphatic hydroxyl groups excluding tert-OH is 1. The van der Waals surface area contributed by atoms with Crippen LogP contribution in [-0.4, -0.2) is 54.3 Å². The first-order valence-corrected chi connectivity index (χ1v) is 25.1. The molecule has 0 saturated heterocycles. The van der Waals surface area contributed by atoms with Crippen LogP contribution < -0.4 is 5.32 Å². The molecule has 0 aliphatic rings. The third kappa shape index (κ3) is 46.3. The first-order chi connectivity index (χ1) is 29.3. The van der Waals surface area contributed by atoms with Gasteiger partial charge in [0.15, 0.2) is 0 Å². The Bertz CT molecular complexity index is 1250. The predicted molar refractivity (Wildman–Crippen MR) is 252 cm³/mol. The van der Waals surface area contributed by atoms with Crippen molar-refractivity contribution < 1.29 is 37.9 Å². The van der Waals surface area contributed by atoms with Crippen LogP contribution in [0.3, 0.4) is 0 Å². The zero-order chi connectivity index (χ0) is 43.9. The second-order valence-corrected chi connectivity index (χ2v) is 16.8. The van der Waals surface area contributed by atoms with Crippen molar-refractivity contribution in [2.45, 2.75) is 193 Å². The van der Waals surface area contributed by atoms with Gasteiger partial charge in [0.25, 0.3) is 0 Å². The summed E-state index contributed by atoms with van der Waals surface area (Å²) in [6.45, 7) is 3.37. The number of nitrogens with one attached hydrogen (secondary N) is 1. The summed E-state index contributed by atoms with van der Waals surface area (Å²) in [4.78, 5) is 34.0. The Kier molecular flexibility index (Phi) is 43.6. The molecule has 10 heteroatoms. The molecule has 0 aromatic heterocycles. The Labute approximate surface area is 366 Å². The molecule has 0 saturated carbocycles. The topological polar surface area (TPSA) is 131 Å². The Morgan fingerprint density at radius 2 is 0.950 bits per heavy atom. The highest BCUT2D eigenvalue weighted by Crippen LogP contribution is 2.42. The molecular formula is C50H86NO8P. The van der Waals surface area contributed by atoms with E-state index in [9.17, 15) is 24.2 Å². The fourth-order valence-electron chi connectivity index (χ4n) is 6.08. The van der Waals surface area contributed by atoms with Gasteiger partial charge in [-0.3, -0.25) is 18.6 Å². The summed E-state index contributed by atoms with van der Waals surface area (Å²) in [7, 11) is -4.44. The Morgan fingerprint density at radius 3 is 1.40 bits per heavy atom. The van der Waals surface area contributed by atoms with Crippen molar-refractivity contribution in [3.8, 4) is 0 Å². The molecular weight excluding hydrogens is 774 g/mol. The van der Waals surface area contributed by atoms with Gasteiger partial charge < -0.3 is 20.1 Å². The van der Waals surface area contributed by atoms with Crippen molar-refractivity contribution in [3.05, 3.63) is 85.1 Å². The smallest absolute Gasteiger partial charge is 0.463 e. The number of hydrogen-bond donors (Lipinski definition) is 3. The number of allylic oxidation sites excluding steroid dienone is 14. The molecule has 0 heterocycles. The van der Waals surface area contributed by atoms with Gasteiger partial charge in [-0.2, -0.15) is 0 Å². The van der Waals surface area contributed by atoms with Crippen molar-refractivity contribution in [2.24, 2.45) is 0 Å². The van der Waals surface area contributed by atoms with Crippen LogP contribution in [0.1, 0.15) is 187 Å². The third-order valence-corrected chi connectivity index (χ3v) is 10.6. The van der Waals surface area contributed by atoms with Crippen LogP contribution in [-0.2, 0) is 27.9 Å². The first-order valence-electron chi connectivity index (χ1n) is 23.6. The molecule has 9 nitrogen and oxygen atoms in total. The predicted octanol–water partition coefficient (Wildman–Crippen LogP) is 13.6. The number of carbonyl (C=O) groups excluding carboxylic acids is 2. The van der Waals surface area contributed by atoms with E-state index >= 15 is 0 Å². The molecule has 0 radical (unpaired) electrons. The number of esters is 1. The number of ether oxygens (including phenoxy) is 1. The largest absolute Gasteiger partial charge is 0.472 e. The molecule has 0 aliphatic heterocycles. The van der Waals surface area contributed by atoms with Crippen molar-refractivity contribution in [3.63, 3.8) is 0 Å². The molecule has 0 aromatic rings. The maximum atomic E-state index is 12.1. The van der Waals surface area contributed by atoms with Gasteiger partial charge in [0.2, 0.25) is 5.91 Å². The first kappa shape index (κ1) is 57.2. The minimum atomic E-state index is -4.44. The van der Waals surface area contributed by atoms with E-state index in [1.165, 1.54) is 83.5 Å². The molecule has 0 rings (SSSR count). The average molecular weight is 860 g/mol. The van der Waals surface area contributed by atoms with E-state index in [2.05, 4.69) is 104 Å². The van der Waals surface area contributed by atoms with Crippen LogP contribution in [0.25, 0.3) is 0 Å². The fourth-order valence-corrected chi connectivity index (χ4v) is 6.83. The summed E-state index contributed by atoms with van der Waals surface area (Å²) in [5.74, 6) is -0.579. The maximum absolute atomic E-state index is 12.1. The van der Waals surface area contributed by atoms with Crippen LogP contribution >= 0.6 is 7.82 Å². The monoisotopic (exact) mass is 860 g/mol. The average Bonchev–Trinajstić information content (AvgIpc) is 3.23. The molecule has 0 fully saturated rings. The second kappa shape index (κ2) is 45.7. The fraction of sp³-hybridized carbons (Fsp3) is 0.680. The molecule has 60 heavy (non-hydrogen) atoms. The van der Waals surface area contributed by atoms with Gasteiger partial charge in [0.1, 0.15) is 12.7 Å². The number of aliphatic hydroxyl groups is 1. The number of unbranched alkanes of at least 4 members (excludes halogenated alkanes) is 16. The third-order valence-electron chi connectivity index (χ3n) is 9.59. The standard InChI is InChI=1S/C50H86NO8P/c1-3-5-7-9-11-13-15-17-19-21-22-23-24-25-26-27-28-30-32-34-36-38-40-42-49(53)51-44-45-58-60(55,56)59-47-48(52)46-57-50(54)43-41-39-37-35-33-31-29-20-18-16-14-12-10-8-6-4-2/h5,7,11,13,17,19,22-23,25-26,28,30,34,36,48,52H,3-4,6,8-10,12,14-16,18,20-21,24,27,29,31-33,35,37-47H2,1-2H3,(H,51,53)(H,55,56)/b7-5-,13-11-,19-17-,23-22-,26-25-,30-28-,36-34-. The molecule has 1 amide bonds. The van der Waals surface area contributed by atoms with Crippen LogP contribution in [0.5, 0.6) is 0 Å². The number of phosphoric acid groups is 1. The zero-order valence-electron chi connectivity index (χ0n) is 37.9. The molecule has 0 aliphatic carbocycles. The van der Waals surface area contributed by atoms with E-state index in [1.54, 1.807) is 0 Å². The normalized spacial score (nSPS) is 14.0. The Balaban J connectivity index is 3.70. The van der Waals surface area contributed by atoms with E-state index in [4.69, 9.17) is 13.8 Å². The zero-order valence-corrected chi connectivity index (χ0v) is 38.8. The van der Waals surface area contributed by atoms with Crippen LogP contribution in [0.2, 0.25) is 0 Å². The van der Waals surface area contributed by atoms with Crippen LogP contribution in [0, 0.1) is 0 Å². The quantitative estimate of drug-likeness (QED) is 0.0239. The van der Waals surface area contributed by atoms with E-state index in [0.717, 1.165) is 70.6 Å². The lowest BCUT2D eigenvalue weighted by atomic mass is 10.0. The molecule has 2 atom stereocenters. The lowest BCUT2D eigenvalue weighted by Gasteiger charge is -2.15. The van der Waals surface area contributed by atoms with Gasteiger partial charge in [-0.25, -0.2) is 4.57 Å². The maximum Gasteiger partial charge on any atom is 0.472 e. The van der Waals surface area contributed by atoms with Gasteiger partial charge in [-0.1, -0.05) is 195 Å². The molecule has 2 unspecified atom stereocenters. The second-order valence-electron chi connectivity index (χ2n) is 15.4. The molecule has 0 bridgehead atoms. The highest BCUT2D eigenvalue weighted by Gasteiger charge is 2.23. The number of phosphoric ester groups is 1. The minimum absolute atomic E-state index is 0.0464. The molecule has 3 N–H and O–H groups in total. The molecule has 0 spiro atoms. The highest BCUT2D eigenvalue weighted by atomic mass is 31.2. The van der Waals surface area contributed by atoms with Gasteiger partial charge in [0.05, 0.1) is 13.2 Å². The highest BCUT2D eigenvalue weighted by molar-refractivity contribution is 7.47. The minimum Gasteiger partial charge on any atom is -0.463 e. The van der Waals surface area contributed by atoms with Crippen molar-refractivity contribution in [1.29, 1.82) is 0 Å². The van der Waals surface area contributed by atoms with E-state index in [1.807, 2.05) is 0 Å². The summed E-state index contributed by atoms with van der Waals surface area (Å²) >= 11 is 0. The van der Waals surface area contributed by atoms with Gasteiger partial charge in [0, 0.05) is 19.4 Å². The van der Waals surface area contributed by atoms with Gasteiger partial charge in [-0.05, 0) is 64.2 Å². The van der Waals surface area contributed by atoms with Crippen LogP contribution in [0.15, 0.2) is 85.1 Å². The summed E-state index contributed by atoms with van der Waals surface area (Å²) in [6, 6.07) is 0. The number of amides is 1. The summed E-state index contributed by atoms with van der Waals surface area (Å²) in [6.07, 6.45) is 58.1. The van der Waals surface area contributed by atoms with E-state index in [0.29, 0.717) is 12.8 Å². The van der Waals surface area contributed by atoms with Gasteiger partial charge in [-0.15, -0.1) is 0 Å². The van der Waals surface area contributed by atoms with E-state index in [-0.39, 0.29) is 32.1 Å². The lowest BCUT2D eigenvalue weighted by molar-refractivity contribution is -0.147. The van der Waals surface area contributed by atoms with E-state index < -0.39 is 26.5 Å². The Hall–Kier alpha value is -2.81. The lowest BCUT2D eigenvalue weighted by Crippen LogP contribution is -2.27. The van der Waals surface area contributed by atoms with Crippen molar-refractivity contribution >= 4 is 19.7 Å². The van der Waals surface area contributed by atoms with Crippen molar-refractivity contribution in [1.82, 2.24) is 5.32 Å². The van der Waals surface area contributed by atoms with Crippen molar-refractivity contribution in [2.75, 3.05) is 26.4 Å². The number of hydrogen-bond acceptors (Lipinski definition) is 7. The molecule has 0 aromatic carbocycles. The van der Waals surface area contributed by atoms with Crippen LogP contribution in [0.4, 0.5) is 0 Å². The summed E-state index contributed by atoms with van der Waals surface area (Å²) in [5.41, 5.74) is 0. The summed E-state index contributed by atoms with van der Waals surface area (Å²) in [5, 5.41) is 12.7. The molecule has 344 valence electrons. The number of rotatable bonds is 43. The van der Waals surface area contributed by atoms with Gasteiger partial charge >= 0.3 is 13.8 Å². The Morgan fingerprint density at radius 1 is 0.533 bits per heavy atom. The SMILES string of the molecule is CC/C=C\C/C=C\C/C=C\C/C=C\C/C=C\C/C=C\C/C=C\CCCC(=O)NCCOP(=O)(O)OCC(O)COC(=O)CCCCCCCCCCCCCCCCCC.